The largest absolute Gasteiger partial charge is 0.288 e. The third kappa shape index (κ3) is 6.25. The molecule has 0 radical (unpaired) electrons. The normalized spacial score (nSPS) is 14.6. The van der Waals surface area contributed by atoms with Gasteiger partial charge < -0.3 is 0 Å². The summed E-state index contributed by atoms with van der Waals surface area (Å²) in [7, 11) is 0. The molecule has 0 aliphatic carbocycles. The van der Waals surface area contributed by atoms with Crippen LogP contribution in [0.4, 0.5) is 0 Å². The number of rotatable bonds is 5. The van der Waals surface area contributed by atoms with Crippen LogP contribution in [-0.2, 0) is 4.79 Å². The SMILES string of the molecule is CCC(C)(CCC=C(C)C)SC(C)=O. The van der Waals surface area contributed by atoms with Gasteiger partial charge in [-0.2, -0.15) is 0 Å². The number of thioether (sulfide) groups is 1. The average Bonchev–Trinajstić information content (AvgIpc) is 2.02. The van der Waals surface area contributed by atoms with E-state index < -0.39 is 0 Å². The van der Waals surface area contributed by atoms with Crippen LogP contribution in [0.3, 0.4) is 0 Å². The Morgan fingerprint density at radius 2 is 1.93 bits per heavy atom. The van der Waals surface area contributed by atoms with Crippen molar-refractivity contribution >= 4 is 16.9 Å². The minimum atomic E-state index is 0.123. The Labute approximate surface area is 92.3 Å². The summed E-state index contributed by atoms with van der Waals surface area (Å²) in [5.74, 6) is 0. The predicted molar refractivity (Wildman–Crippen MR) is 65.6 cm³/mol. The number of carbonyl (C=O) groups excluding carboxylic acids is 1. The molecule has 0 amide bonds. The summed E-state index contributed by atoms with van der Waals surface area (Å²) >= 11 is 1.49. The molecule has 0 aromatic rings. The molecule has 0 saturated carbocycles. The maximum Gasteiger partial charge on any atom is 0.186 e. The summed E-state index contributed by atoms with van der Waals surface area (Å²) in [6, 6.07) is 0. The lowest BCUT2D eigenvalue weighted by molar-refractivity contribution is -0.109. The molecule has 0 aliphatic heterocycles. The monoisotopic (exact) mass is 214 g/mol. The second kappa shape index (κ2) is 6.28. The lowest BCUT2D eigenvalue weighted by atomic mass is 10.0. The zero-order valence-corrected chi connectivity index (χ0v) is 10.8. The standard InChI is InChI=1S/C12H22OS/c1-6-12(5,14-11(4)13)9-7-8-10(2)3/h8H,6-7,9H2,1-5H3. The third-order valence-electron chi connectivity index (χ3n) is 2.36. The average molecular weight is 214 g/mol. The zero-order valence-electron chi connectivity index (χ0n) is 10.0. The van der Waals surface area contributed by atoms with Crippen molar-refractivity contribution in [2.75, 3.05) is 0 Å². The number of carbonyl (C=O) groups is 1. The summed E-state index contributed by atoms with van der Waals surface area (Å²) in [6.07, 6.45) is 5.45. The molecule has 0 aromatic carbocycles. The summed E-state index contributed by atoms with van der Waals surface area (Å²) in [6.45, 7) is 10.2. The van der Waals surface area contributed by atoms with Crippen LogP contribution in [0.1, 0.15) is 53.9 Å². The Morgan fingerprint density at radius 3 is 2.29 bits per heavy atom. The second-order valence-corrected chi connectivity index (χ2v) is 5.98. The van der Waals surface area contributed by atoms with E-state index >= 15 is 0 Å². The highest BCUT2D eigenvalue weighted by Crippen LogP contribution is 2.33. The molecule has 0 bridgehead atoms. The van der Waals surface area contributed by atoms with Gasteiger partial charge in [-0.05, 0) is 40.0 Å². The van der Waals surface area contributed by atoms with Gasteiger partial charge in [0.05, 0.1) is 0 Å². The topological polar surface area (TPSA) is 17.1 Å². The molecule has 1 unspecified atom stereocenters. The molecular formula is C12H22OS. The molecule has 0 heterocycles. The van der Waals surface area contributed by atoms with E-state index in [4.69, 9.17) is 0 Å². The third-order valence-corrected chi connectivity index (χ3v) is 3.64. The molecule has 0 aliphatic rings. The Hall–Kier alpha value is -0.240. The predicted octanol–water partition coefficient (Wildman–Crippen LogP) is 4.18. The van der Waals surface area contributed by atoms with Crippen LogP contribution in [0.25, 0.3) is 0 Å². The molecule has 0 fully saturated rings. The van der Waals surface area contributed by atoms with E-state index in [1.807, 2.05) is 0 Å². The van der Waals surface area contributed by atoms with Crippen LogP contribution in [0.15, 0.2) is 11.6 Å². The number of allylic oxidation sites excluding steroid dienone is 2. The Balaban J connectivity index is 4.12. The quantitative estimate of drug-likeness (QED) is 0.639. The van der Waals surface area contributed by atoms with Crippen molar-refractivity contribution in [3.05, 3.63) is 11.6 Å². The van der Waals surface area contributed by atoms with E-state index in [2.05, 4.69) is 33.8 Å². The summed E-state index contributed by atoms with van der Waals surface area (Å²) < 4.78 is 0.123. The smallest absolute Gasteiger partial charge is 0.186 e. The molecular weight excluding hydrogens is 192 g/mol. The fourth-order valence-corrected chi connectivity index (χ4v) is 2.37. The van der Waals surface area contributed by atoms with E-state index in [1.54, 1.807) is 6.92 Å². The molecule has 0 aromatic heterocycles. The molecule has 0 rings (SSSR count). The van der Waals surface area contributed by atoms with Crippen molar-refractivity contribution in [3.63, 3.8) is 0 Å². The van der Waals surface area contributed by atoms with Crippen molar-refractivity contribution in [2.45, 2.75) is 58.6 Å². The van der Waals surface area contributed by atoms with Crippen molar-refractivity contribution in [1.29, 1.82) is 0 Å². The maximum absolute atomic E-state index is 11.1. The first kappa shape index (κ1) is 13.8. The fourth-order valence-electron chi connectivity index (χ4n) is 1.31. The first-order chi connectivity index (χ1) is 6.39. The van der Waals surface area contributed by atoms with Gasteiger partial charge in [0, 0.05) is 11.7 Å². The van der Waals surface area contributed by atoms with Gasteiger partial charge >= 0.3 is 0 Å². The maximum atomic E-state index is 11.1. The highest BCUT2D eigenvalue weighted by atomic mass is 32.2. The first-order valence-corrected chi connectivity index (χ1v) is 6.04. The number of hydrogen-bond acceptors (Lipinski definition) is 2. The Morgan fingerprint density at radius 1 is 1.36 bits per heavy atom. The van der Waals surface area contributed by atoms with Gasteiger partial charge in [-0.3, -0.25) is 4.79 Å². The molecule has 1 nitrogen and oxygen atoms in total. The zero-order chi connectivity index (χ0) is 11.2. The van der Waals surface area contributed by atoms with Gasteiger partial charge in [-0.25, -0.2) is 0 Å². The van der Waals surface area contributed by atoms with E-state index in [0.29, 0.717) is 0 Å². The molecule has 0 saturated heterocycles. The van der Waals surface area contributed by atoms with Crippen LogP contribution in [-0.4, -0.2) is 9.86 Å². The van der Waals surface area contributed by atoms with Gasteiger partial charge in [-0.15, -0.1) is 0 Å². The van der Waals surface area contributed by atoms with Gasteiger partial charge in [0.25, 0.3) is 0 Å². The van der Waals surface area contributed by atoms with Crippen molar-refractivity contribution < 1.29 is 4.79 Å². The van der Waals surface area contributed by atoms with Crippen LogP contribution < -0.4 is 0 Å². The van der Waals surface area contributed by atoms with E-state index in [-0.39, 0.29) is 9.86 Å². The molecule has 0 N–H and O–H groups in total. The van der Waals surface area contributed by atoms with Crippen molar-refractivity contribution in [2.24, 2.45) is 0 Å². The van der Waals surface area contributed by atoms with Crippen molar-refractivity contribution in [1.82, 2.24) is 0 Å². The lowest BCUT2D eigenvalue weighted by Gasteiger charge is -2.25. The minimum Gasteiger partial charge on any atom is -0.288 e. The number of hydrogen-bond donors (Lipinski definition) is 0. The second-order valence-electron chi connectivity index (χ2n) is 4.22. The minimum absolute atomic E-state index is 0.123. The van der Waals surface area contributed by atoms with Gasteiger partial charge in [0.1, 0.15) is 0 Å². The van der Waals surface area contributed by atoms with Gasteiger partial charge in [-0.1, -0.05) is 30.3 Å². The fraction of sp³-hybridized carbons (Fsp3) is 0.750. The highest BCUT2D eigenvalue weighted by molar-refractivity contribution is 8.14. The van der Waals surface area contributed by atoms with E-state index in [1.165, 1.54) is 17.3 Å². The Kier molecular flexibility index (Phi) is 6.17. The Bertz CT molecular complexity index is 216. The first-order valence-electron chi connectivity index (χ1n) is 5.22. The summed E-state index contributed by atoms with van der Waals surface area (Å²) in [5, 5.41) is 0.228. The van der Waals surface area contributed by atoms with Crippen LogP contribution >= 0.6 is 11.8 Å². The molecule has 1 atom stereocenters. The van der Waals surface area contributed by atoms with Gasteiger partial charge in [0.2, 0.25) is 0 Å². The molecule has 82 valence electrons. The van der Waals surface area contributed by atoms with Crippen LogP contribution in [0.2, 0.25) is 0 Å². The van der Waals surface area contributed by atoms with E-state index in [0.717, 1.165) is 19.3 Å². The lowest BCUT2D eigenvalue weighted by Crippen LogP contribution is -2.20. The molecule has 2 heteroatoms. The summed E-state index contributed by atoms with van der Waals surface area (Å²) in [5.41, 5.74) is 1.36. The van der Waals surface area contributed by atoms with Gasteiger partial charge in [0.15, 0.2) is 5.12 Å². The molecule has 0 spiro atoms. The molecule has 14 heavy (non-hydrogen) atoms. The van der Waals surface area contributed by atoms with Crippen molar-refractivity contribution in [3.8, 4) is 0 Å². The summed E-state index contributed by atoms with van der Waals surface area (Å²) in [4.78, 5) is 11.1. The van der Waals surface area contributed by atoms with E-state index in [9.17, 15) is 4.79 Å². The van der Waals surface area contributed by atoms with Crippen LogP contribution in [0.5, 0.6) is 0 Å². The highest BCUT2D eigenvalue weighted by Gasteiger charge is 2.23. The van der Waals surface area contributed by atoms with Crippen LogP contribution in [0, 0.1) is 0 Å².